The number of benzene rings is 2. The lowest BCUT2D eigenvalue weighted by Gasteiger charge is -2.39. The number of amides is 4. The second kappa shape index (κ2) is 8.19. The van der Waals surface area contributed by atoms with E-state index in [-0.39, 0.29) is 25.0 Å². The van der Waals surface area contributed by atoms with Crippen molar-refractivity contribution < 1.29 is 19.1 Å². The second-order valence-electron chi connectivity index (χ2n) is 6.82. The SMILES string of the molecule is COc1ccc(C2NC(=O)NC3=C2CN(C(=O)CNC=O)c2ccccc23)cc1Br. The van der Waals surface area contributed by atoms with Crippen molar-refractivity contribution in [2.45, 2.75) is 6.04 Å². The van der Waals surface area contributed by atoms with Gasteiger partial charge in [-0.25, -0.2) is 4.79 Å². The van der Waals surface area contributed by atoms with Crippen molar-refractivity contribution in [3.05, 3.63) is 63.6 Å². The number of nitrogens with one attached hydrogen (secondary N) is 3. The largest absolute Gasteiger partial charge is 0.496 e. The zero-order chi connectivity index (χ0) is 21.3. The van der Waals surface area contributed by atoms with Gasteiger partial charge < -0.3 is 25.6 Å². The monoisotopic (exact) mass is 470 g/mol. The van der Waals surface area contributed by atoms with E-state index in [0.29, 0.717) is 23.5 Å². The van der Waals surface area contributed by atoms with Crippen LogP contribution in [0.4, 0.5) is 10.5 Å². The molecule has 154 valence electrons. The summed E-state index contributed by atoms with van der Waals surface area (Å²) in [5.41, 5.74) is 3.84. The smallest absolute Gasteiger partial charge is 0.320 e. The number of hydrogen-bond donors (Lipinski definition) is 3. The first kappa shape index (κ1) is 20.0. The van der Waals surface area contributed by atoms with Gasteiger partial charge in [0, 0.05) is 11.1 Å². The summed E-state index contributed by atoms with van der Waals surface area (Å²) in [6.45, 7) is 0.159. The first-order valence-corrected chi connectivity index (χ1v) is 10.0. The molecule has 8 nitrogen and oxygen atoms in total. The molecule has 0 saturated carbocycles. The lowest BCUT2D eigenvalue weighted by Crippen LogP contribution is -2.50. The van der Waals surface area contributed by atoms with Crippen LogP contribution >= 0.6 is 15.9 Å². The van der Waals surface area contributed by atoms with Crippen LogP contribution in [-0.2, 0) is 9.59 Å². The third-order valence-electron chi connectivity index (χ3n) is 5.12. The normalized spacial score (nSPS) is 17.3. The molecule has 2 aliphatic rings. The van der Waals surface area contributed by atoms with E-state index in [9.17, 15) is 14.4 Å². The van der Waals surface area contributed by atoms with Gasteiger partial charge >= 0.3 is 6.03 Å². The highest BCUT2D eigenvalue weighted by Crippen LogP contribution is 2.41. The Morgan fingerprint density at radius 2 is 2.13 bits per heavy atom. The van der Waals surface area contributed by atoms with Crippen LogP contribution in [0.5, 0.6) is 5.75 Å². The van der Waals surface area contributed by atoms with Crippen LogP contribution in [0.25, 0.3) is 5.70 Å². The minimum atomic E-state index is -0.432. The van der Waals surface area contributed by atoms with Gasteiger partial charge in [-0.15, -0.1) is 0 Å². The van der Waals surface area contributed by atoms with E-state index in [2.05, 4.69) is 31.9 Å². The molecule has 4 amide bonds. The van der Waals surface area contributed by atoms with Gasteiger partial charge in [0.2, 0.25) is 12.3 Å². The van der Waals surface area contributed by atoms with Gasteiger partial charge in [0.05, 0.1) is 42.1 Å². The predicted octanol–water partition coefficient (Wildman–Crippen LogP) is 2.32. The fourth-order valence-corrected chi connectivity index (χ4v) is 4.33. The van der Waals surface area contributed by atoms with E-state index in [4.69, 9.17) is 4.74 Å². The molecule has 1 unspecified atom stereocenters. The summed E-state index contributed by atoms with van der Waals surface area (Å²) in [5, 5.41) is 8.27. The first-order valence-electron chi connectivity index (χ1n) is 9.24. The number of carbonyl (C=O) groups excluding carboxylic acids is 3. The molecule has 9 heteroatoms. The zero-order valence-electron chi connectivity index (χ0n) is 16.1. The highest BCUT2D eigenvalue weighted by atomic mass is 79.9. The maximum absolute atomic E-state index is 12.8. The van der Waals surface area contributed by atoms with Crippen LogP contribution < -0.4 is 25.6 Å². The third kappa shape index (κ3) is 3.52. The van der Waals surface area contributed by atoms with Crippen LogP contribution in [0.2, 0.25) is 0 Å². The van der Waals surface area contributed by atoms with Crippen molar-refractivity contribution in [3.8, 4) is 5.75 Å². The van der Waals surface area contributed by atoms with Gasteiger partial charge in [0.25, 0.3) is 0 Å². The Labute approximate surface area is 181 Å². The standard InChI is InChI=1S/C21H19BrN4O4/c1-30-17-7-6-12(8-15(17)22)19-14-10-26(18(28)9-23-11-27)16-5-3-2-4-13(16)20(14)25-21(29)24-19/h2-8,11,19H,9-10H2,1H3,(H,23,27)(H2,24,25,29). The molecule has 2 aromatic rings. The Hall–Kier alpha value is -3.33. The number of halogens is 1. The fourth-order valence-electron chi connectivity index (χ4n) is 3.77. The van der Waals surface area contributed by atoms with Crippen molar-refractivity contribution in [1.29, 1.82) is 0 Å². The lowest BCUT2D eigenvalue weighted by molar-refractivity contribution is -0.120. The number of ether oxygens (including phenoxy) is 1. The van der Waals surface area contributed by atoms with Gasteiger partial charge in [0.1, 0.15) is 5.75 Å². The number of carbonyl (C=O) groups is 3. The maximum Gasteiger partial charge on any atom is 0.320 e. The fraction of sp³-hybridized carbons (Fsp3) is 0.190. The van der Waals surface area contributed by atoms with Gasteiger partial charge in [-0.2, -0.15) is 0 Å². The number of para-hydroxylation sites is 1. The van der Waals surface area contributed by atoms with Crippen LogP contribution in [0.1, 0.15) is 17.2 Å². The van der Waals surface area contributed by atoms with Crippen molar-refractivity contribution in [2.24, 2.45) is 0 Å². The molecule has 0 radical (unpaired) electrons. The number of methoxy groups -OCH3 is 1. The molecule has 1 atom stereocenters. The topological polar surface area (TPSA) is 99.8 Å². The maximum atomic E-state index is 12.8. The molecule has 0 aliphatic carbocycles. The first-order chi connectivity index (χ1) is 14.5. The minimum absolute atomic E-state index is 0.112. The summed E-state index contributed by atoms with van der Waals surface area (Å²) >= 11 is 3.49. The Morgan fingerprint density at radius 3 is 2.87 bits per heavy atom. The summed E-state index contributed by atoms with van der Waals surface area (Å²) in [6, 6.07) is 12.2. The van der Waals surface area contributed by atoms with Crippen molar-refractivity contribution in [3.63, 3.8) is 0 Å². The van der Waals surface area contributed by atoms with Crippen molar-refractivity contribution in [1.82, 2.24) is 16.0 Å². The highest BCUT2D eigenvalue weighted by molar-refractivity contribution is 9.10. The molecule has 0 spiro atoms. The van der Waals surface area contributed by atoms with Crippen LogP contribution in [0.15, 0.2) is 52.5 Å². The quantitative estimate of drug-likeness (QED) is 0.583. The Kier molecular flexibility index (Phi) is 5.45. The molecule has 0 bridgehead atoms. The van der Waals surface area contributed by atoms with E-state index in [1.807, 2.05) is 42.5 Å². The lowest BCUT2D eigenvalue weighted by atomic mass is 9.88. The van der Waals surface area contributed by atoms with E-state index < -0.39 is 6.04 Å². The number of fused-ring (bicyclic) bond motifs is 2. The van der Waals surface area contributed by atoms with Crippen LogP contribution in [0, 0.1) is 0 Å². The van der Waals surface area contributed by atoms with Gasteiger partial charge in [0.15, 0.2) is 0 Å². The number of hydrogen-bond acceptors (Lipinski definition) is 4. The molecule has 0 fully saturated rings. The van der Waals surface area contributed by atoms with Crippen molar-refractivity contribution in [2.75, 3.05) is 25.1 Å². The average Bonchev–Trinajstić information content (AvgIpc) is 2.76. The van der Waals surface area contributed by atoms with Gasteiger partial charge in [-0.05, 0) is 39.7 Å². The molecule has 30 heavy (non-hydrogen) atoms. The summed E-state index contributed by atoms with van der Waals surface area (Å²) in [4.78, 5) is 37.5. The molecular formula is C21H19BrN4O4. The van der Waals surface area contributed by atoms with E-state index in [0.717, 1.165) is 21.2 Å². The Bertz CT molecular complexity index is 1070. The summed E-state index contributed by atoms with van der Waals surface area (Å²) in [7, 11) is 1.58. The number of nitrogens with zero attached hydrogens (tertiary/aromatic N) is 1. The molecular weight excluding hydrogens is 452 g/mol. The van der Waals surface area contributed by atoms with E-state index >= 15 is 0 Å². The Morgan fingerprint density at radius 1 is 1.33 bits per heavy atom. The zero-order valence-corrected chi connectivity index (χ0v) is 17.7. The number of urea groups is 1. The minimum Gasteiger partial charge on any atom is -0.496 e. The summed E-state index contributed by atoms with van der Waals surface area (Å²) in [5.74, 6) is 0.437. The van der Waals surface area contributed by atoms with Crippen LogP contribution in [0.3, 0.4) is 0 Å². The van der Waals surface area contributed by atoms with Crippen LogP contribution in [-0.4, -0.2) is 38.5 Å². The van der Waals surface area contributed by atoms with Gasteiger partial charge in [-0.1, -0.05) is 24.3 Å². The predicted molar refractivity (Wildman–Crippen MR) is 115 cm³/mol. The average molecular weight is 471 g/mol. The number of rotatable bonds is 5. The summed E-state index contributed by atoms with van der Waals surface area (Å²) in [6.07, 6.45) is 0.499. The third-order valence-corrected chi connectivity index (χ3v) is 5.74. The molecule has 0 saturated heterocycles. The molecule has 2 aromatic carbocycles. The summed E-state index contributed by atoms with van der Waals surface area (Å²) < 4.78 is 6.06. The van der Waals surface area contributed by atoms with Crippen molar-refractivity contribution >= 4 is 45.7 Å². The highest BCUT2D eigenvalue weighted by Gasteiger charge is 2.36. The van der Waals surface area contributed by atoms with E-state index in [1.165, 1.54) is 0 Å². The number of anilines is 1. The Balaban J connectivity index is 1.81. The molecule has 2 aliphatic heterocycles. The van der Waals surface area contributed by atoms with E-state index in [1.54, 1.807) is 12.0 Å². The second-order valence-corrected chi connectivity index (χ2v) is 7.68. The van der Waals surface area contributed by atoms with Gasteiger partial charge in [-0.3, -0.25) is 9.59 Å². The molecule has 3 N–H and O–H groups in total. The molecule has 2 heterocycles. The molecule has 0 aromatic heterocycles. The molecule has 4 rings (SSSR count).